The van der Waals surface area contributed by atoms with Crippen molar-refractivity contribution in [3.63, 3.8) is 0 Å². The van der Waals surface area contributed by atoms with Crippen LogP contribution in [-0.4, -0.2) is 11.0 Å². The van der Waals surface area contributed by atoms with Gasteiger partial charge in [0.2, 0.25) is 0 Å². The van der Waals surface area contributed by atoms with E-state index in [0.717, 1.165) is 5.56 Å². The quantitative estimate of drug-likeness (QED) is 0.389. The van der Waals surface area contributed by atoms with Crippen LogP contribution in [0.4, 0.5) is 4.39 Å². The molecule has 104 valence electrons. The molecule has 0 aliphatic rings. The van der Waals surface area contributed by atoms with Gasteiger partial charge >= 0.3 is 0 Å². The van der Waals surface area contributed by atoms with Crippen molar-refractivity contribution < 1.29 is 14.3 Å². The number of hydrogen-bond acceptors (Lipinski definition) is 3. The predicted molar refractivity (Wildman–Crippen MR) is 77.4 cm³/mol. The molecule has 2 aromatic rings. The number of rotatable bonds is 4. The van der Waals surface area contributed by atoms with Gasteiger partial charge in [0.1, 0.15) is 18.2 Å². The fraction of sp³-hybridized carbons (Fsp3) is 0.0714. The Morgan fingerprint density at radius 1 is 1.30 bits per heavy atom. The van der Waals surface area contributed by atoms with Gasteiger partial charge < -0.3 is 15.7 Å². The van der Waals surface area contributed by atoms with E-state index in [0.29, 0.717) is 15.8 Å². The van der Waals surface area contributed by atoms with Crippen LogP contribution in [-0.2, 0) is 6.61 Å². The first-order valence-electron chi connectivity index (χ1n) is 5.75. The van der Waals surface area contributed by atoms with Gasteiger partial charge in [0.15, 0.2) is 5.84 Å². The zero-order chi connectivity index (χ0) is 14.5. The molecule has 3 N–H and O–H groups in total. The van der Waals surface area contributed by atoms with E-state index in [1.54, 1.807) is 12.1 Å². The monoisotopic (exact) mass is 338 g/mol. The normalized spacial score (nSPS) is 11.4. The van der Waals surface area contributed by atoms with Gasteiger partial charge in [0.25, 0.3) is 0 Å². The summed E-state index contributed by atoms with van der Waals surface area (Å²) in [6, 6.07) is 11.3. The molecule has 0 unspecified atom stereocenters. The molecular formula is C14H12BrFN2O2. The summed E-state index contributed by atoms with van der Waals surface area (Å²) in [6.07, 6.45) is 0. The molecule has 0 saturated heterocycles. The van der Waals surface area contributed by atoms with E-state index in [-0.39, 0.29) is 18.3 Å². The molecule has 20 heavy (non-hydrogen) atoms. The van der Waals surface area contributed by atoms with Crippen molar-refractivity contribution in [3.05, 3.63) is 63.9 Å². The topological polar surface area (TPSA) is 67.8 Å². The summed E-state index contributed by atoms with van der Waals surface area (Å²) in [5, 5.41) is 11.7. The van der Waals surface area contributed by atoms with Crippen LogP contribution in [0.1, 0.15) is 11.1 Å². The number of benzene rings is 2. The molecule has 0 atom stereocenters. The minimum absolute atomic E-state index is 0.0161. The summed E-state index contributed by atoms with van der Waals surface area (Å²) in [6.45, 7) is 0.219. The lowest BCUT2D eigenvalue weighted by Crippen LogP contribution is -2.16. The first kappa shape index (κ1) is 14.3. The molecule has 0 radical (unpaired) electrons. The average molecular weight is 339 g/mol. The summed E-state index contributed by atoms with van der Waals surface area (Å²) >= 11 is 3.23. The number of amidine groups is 1. The van der Waals surface area contributed by atoms with E-state index in [1.807, 2.05) is 12.1 Å². The molecule has 0 aliphatic carbocycles. The lowest BCUT2D eigenvalue weighted by atomic mass is 10.1. The zero-order valence-corrected chi connectivity index (χ0v) is 12.0. The molecule has 2 rings (SSSR count). The largest absolute Gasteiger partial charge is 0.488 e. The number of oxime groups is 1. The van der Waals surface area contributed by atoms with Crippen LogP contribution in [0.2, 0.25) is 0 Å². The Balaban J connectivity index is 2.19. The molecule has 0 aromatic heterocycles. The second-order valence-corrected chi connectivity index (χ2v) is 4.86. The number of ether oxygens (including phenoxy) is 1. The summed E-state index contributed by atoms with van der Waals surface area (Å²) in [4.78, 5) is 0. The first-order chi connectivity index (χ1) is 9.61. The van der Waals surface area contributed by atoms with Crippen LogP contribution in [0.15, 0.2) is 52.1 Å². The van der Waals surface area contributed by atoms with Crippen LogP contribution in [0.5, 0.6) is 5.75 Å². The first-order valence-corrected chi connectivity index (χ1v) is 6.54. The predicted octanol–water partition coefficient (Wildman–Crippen LogP) is 3.26. The summed E-state index contributed by atoms with van der Waals surface area (Å²) < 4.78 is 19.1. The van der Waals surface area contributed by atoms with Gasteiger partial charge in [0.05, 0.1) is 4.47 Å². The molecule has 6 heteroatoms. The molecule has 0 saturated carbocycles. The van der Waals surface area contributed by atoms with Crippen LogP contribution < -0.4 is 10.5 Å². The Morgan fingerprint density at radius 3 is 2.75 bits per heavy atom. The highest BCUT2D eigenvalue weighted by Gasteiger charge is 2.08. The molecule has 4 nitrogen and oxygen atoms in total. The van der Waals surface area contributed by atoms with Crippen LogP contribution in [0.25, 0.3) is 0 Å². The maximum atomic E-state index is 13.0. The molecule has 0 fully saturated rings. The van der Waals surface area contributed by atoms with Crippen LogP contribution >= 0.6 is 15.9 Å². The fourth-order valence-corrected chi connectivity index (χ4v) is 2.16. The highest BCUT2D eigenvalue weighted by atomic mass is 79.9. The Bertz CT molecular complexity index is 647. The summed E-state index contributed by atoms with van der Waals surface area (Å²) in [7, 11) is 0. The van der Waals surface area contributed by atoms with E-state index in [2.05, 4.69) is 21.1 Å². The van der Waals surface area contributed by atoms with Crippen molar-refractivity contribution in [2.75, 3.05) is 0 Å². The Kier molecular flexibility index (Phi) is 4.57. The standard InChI is InChI=1S/C14H12BrFN2O2/c15-12-7-10(16)5-6-13(12)20-8-9-3-1-2-4-11(9)14(17)18-19/h1-7,19H,8H2,(H2,17,18). The zero-order valence-electron chi connectivity index (χ0n) is 10.4. The SMILES string of the molecule is N/C(=N\O)c1ccccc1COc1ccc(F)cc1Br. The van der Waals surface area contributed by atoms with Gasteiger partial charge in [-0.05, 0) is 34.1 Å². The molecule has 0 aliphatic heterocycles. The fourth-order valence-electron chi connectivity index (χ4n) is 1.70. The average Bonchev–Trinajstić information content (AvgIpc) is 2.46. The maximum absolute atomic E-state index is 13.0. The highest BCUT2D eigenvalue weighted by Crippen LogP contribution is 2.26. The van der Waals surface area contributed by atoms with E-state index >= 15 is 0 Å². The van der Waals surface area contributed by atoms with Crippen molar-refractivity contribution in [2.24, 2.45) is 10.9 Å². The van der Waals surface area contributed by atoms with E-state index in [1.165, 1.54) is 18.2 Å². The Morgan fingerprint density at radius 2 is 2.05 bits per heavy atom. The maximum Gasteiger partial charge on any atom is 0.170 e. The third-order valence-electron chi connectivity index (χ3n) is 2.68. The van der Waals surface area contributed by atoms with Gasteiger partial charge in [-0.1, -0.05) is 29.4 Å². The van der Waals surface area contributed by atoms with Gasteiger partial charge in [-0.2, -0.15) is 0 Å². The van der Waals surface area contributed by atoms with Crippen molar-refractivity contribution >= 4 is 21.8 Å². The molecule has 0 bridgehead atoms. The highest BCUT2D eigenvalue weighted by molar-refractivity contribution is 9.10. The Hall–Kier alpha value is -2.08. The minimum Gasteiger partial charge on any atom is -0.488 e. The van der Waals surface area contributed by atoms with Crippen molar-refractivity contribution in [1.82, 2.24) is 0 Å². The number of halogens is 2. The molecule has 2 aromatic carbocycles. The van der Waals surface area contributed by atoms with Crippen LogP contribution in [0.3, 0.4) is 0 Å². The van der Waals surface area contributed by atoms with E-state index in [4.69, 9.17) is 15.7 Å². The third-order valence-corrected chi connectivity index (χ3v) is 3.30. The summed E-state index contributed by atoms with van der Waals surface area (Å²) in [5.41, 5.74) is 6.95. The third kappa shape index (κ3) is 3.27. The van der Waals surface area contributed by atoms with Crippen molar-refractivity contribution in [3.8, 4) is 5.75 Å². The lowest BCUT2D eigenvalue weighted by Gasteiger charge is -2.11. The second kappa shape index (κ2) is 6.38. The number of nitrogens with zero attached hydrogens (tertiary/aromatic N) is 1. The lowest BCUT2D eigenvalue weighted by molar-refractivity contribution is 0.302. The van der Waals surface area contributed by atoms with Gasteiger partial charge in [-0.25, -0.2) is 4.39 Å². The molecule has 0 amide bonds. The second-order valence-electron chi connectivity index (χ2n) is 4.01. The van der Waals surface area contributed by atoms with Gasteiger partial charge in [-0.15, -0.1) is 0 Å². The van der Waals surface area contributed by atoms with Crippen molar-refractivity contribution in [1.29, 1.82) is 0 Å². The molecule has 0 heterocycles. The van der Waals surface area contributed by atoms with Gasteiger partial charge in [-0.3, -0.25) is 0 Å². The van der Waals surface area contributed by atoms with Gasteiger partial charge in [0, 0.05) is 11.1 Å². The Labute approximate surface area is 123 Å². The van der Waals surface area contributed by atoms with Crippen LogP contribution in [0, 0.1) is 5.82 Å². The smallest absolute Gasteiger partial charge is 0.170 e. The molecule has 0 spiro atoms. The van der Waals surface area contributed by atoms with E-state index in [9.17, 15) is 4.39 Å². The molecular weight excluding hydrogens is 327 g/mol. The summed E-state index contributed by atoms with van der Waals surface area (Å²) in [5.74, 6) is 0.185. The number of hydrogen-bond donors (Lipinski definition) is 2. The van der Waals surface area contributed by atoms with E-state index < -0.39 is 0 Å². The van der Waals surface area contributed by atoms with Crippen molar-refractivity contribution in [2.45, 2.75) is 6.61 Å². The minimum atomic E-state index is -0.346. The number of nitrogens with two attached hydrogens (primary N) is 1.